The van der Waals surface area contributed by atoms with Crippen molar-refractivity contribution < 1.29 is 34.2 Å². The van der Waals surface area contributed by atoms with Crippen molar-refractivity contribution in [2.75, 3.05) is 6.54 Å². The highest BCUT2D eigenvalue weighted by Gasteiger charge is 2.27. The van der Waals surface area contributed by atoms with Gasteiger partial charge < -0.3 is 41.9 Å². The van der Waals surface area contributed by atoms with E-state index in [0.717, 1.165) is 16.5 Å². The second-order valence-corrected chi connectivity index (χ2v) is 8.29. The van der Waals surface area contributed by atoms with Crippen LogP contribution in [-0.2, 0) is 36.8 Å². The van der Waals surface area contributed by atoms with E-state index >= 15 is 0 Å². The number of fused-ring (bicyclic) bond motifs is 1. The molecule has 2 heterocycles. The molecular weight excluding hydrogens is 486 g/mol. The Morgan fingerprint density at radius 3 is 2.41 bits per heavy atom. The molecule has 3 aromatic rings. The first-order valence-corrected chi connectivity index (χ1v) is 11.2. The Bertz CT molecular complexity index is 1270. The van der Waals surface area contributed by atoms with E-state index in [1.54, 1.807) is 6.20 Å². The van der Waals surface area contributed by atoms with Gasteiger partial charge in [0, 0.05) is 35.4 Å². The number of amides is 3. The number of nitrogens with zero attached hydrogens (tertiary/aromatic N) is 1. The van der Waals surface area contributed by atoms with Crippen LogP contribution in [0, 0.1) is 0 Å². The molecule has 3 atom stereocenters. The monoisotopic (exact) mass is 513 g/mol. The van der Waals surface area contributed by atoms with E-state index in [0.29, 0.717) is 5.69 Å². The Labute approximate surface area is 210 Å². The summed E-state index contributed by atoms with van der Waals surface area (Å²) in [6.07, 6.45) is 3.80. The van der Waals surface area contributed by atoms with E-state index < -0.39 is 60.8 Å². The zero-order valence-electron chi connectivity index (χ0n) is 19.6. The Hall–Kier alpha value is -4.72. The van der Waals surface area contributed by atoms with Crippen molar-refractivity contribution >= 4 is 40.6 Å². The topological polar surface area (TPSA) is 232 Å². The number of carbonyl (C=O) groups excluding carboxylic acids is 3. The molecule has 0 aliphatic heterocycles. The molecule has 2 aromatic heterocycles. The van der Waals surface area contributed by atoms with Gasteiger partial charge in [-0.15, -0.1) is 0 Å². The molecule has 3 amide bonds. The number of nitrogens with two attached hydrogens (primary N) is 1. The highest BCUT2D eigenvalue weighted by atomic mass is 16.4. The van der Waals surface area contributed by atoms with Gasteiger partial charge in [0.15, 0.2) is 0 Å². The van der Waals surface area contributed by atoms with Crippen molar-refractivity contribution in [2.45, 2.75) is 37.4 Å². The molecule has 0 saturated carbocycles. The summed E-state index contributed by atoms with van der Waals surface area (Å²) < 4.78 is 0. The lowest BCUT2D eigenvalue weighted by Gasteiger charge is -2.20. The van der Waals surface area contributed by atoms with Crippen molar-refractivity contribution in [3.8, 4) is 0 Å². The molecule has 196 valence electrons. The second kappa shape index (κ2) is 12.3. The lowest BCUT2D eigenvalue weighted by Crippen LogP contribution is -2.54. The number of carbonyl (C=O) groups is 5. The molecule has 14 nitrogen and oxygen atoms in total. The number of aliphatic carboxylic acids is 2. The molecule has 0 saturated heterocycles. The number of aromatic nitrogens is 3. The van der Waals surface area contributed by atoms with Crippen molar-refractivity contribution in [3.05, 3.63) is 54.2 Å². The lowest BCUT2D eigenvalue weighted by molar-refractivity contribution is -0.142. The van der Waals surface area contributed by atoms with Crippen molar-refractivity contribution in [2.24, 2.45) is 5.73 Å². The maximum absolute atomic E-state index is 12.6. The molecule has 37 heavy (non-hydrogen) atoms. The molecule has 0 aliphatic rings. The van der Waals surface area contributed by atoms with Crippen molar-refractivity contribution in [3.63, 3.8) is 0 Å². The summed E-state index contributed by atoms with van der Waals surface area (Å²) >= 11 is 0. The number of carboxylic acids is 2. The van der Waals surface area contributed by atoms with E-state index in [9.17, 15) is 34.2 Å². The molecule has 0 radical (unpaired) electrons. The second-order valence-electron chi connectivity index (χ2n) is 8.29. The largest absolute Gasteiger partial charge is 0.481 e. The van der Waals surface area contributed by atoms with Gasteiger partial charge in [0.05, 0.1) is 25.3 Å². The molecule has 0 bridgehead atoms. The highest BCUT2D eigenvalue weighted by molar-refractivity contribution is 5.94. The molecule has 0 aliphatic carbocycles. The molecule has 0 fully saturated rings. The maximum Gasteiger partial charge on any atom is 0.326 e. The summed E-state index contributed by atoms with van der Waals surface area (Å²) in [7, 11) is 0. The fraction of sp³-hybridized carbons (Fsp3) is 0.304. The summed E-state index contributed by atoms with van der Waals surface area (Å²) in [6, 6.07) is 3.54. The Kier molecular flexibility index (Phi) is 8.94. The van der Waals surface area contributed by atoms with Crippen LogP contribution in [0.5, 0.6) is 0 Å². The van der Waals surface area contributed by atoms with E-state index in [2.05, 4.69) is 30.9 Å². The van der Waals surface area contributed by atoms with Crippen LogP contribution in [0.2, 0.25) is 0 Å². The quantitative estimate of drug-likeness (QED) is 0.135. The Balaban J connectivity index is 1.55. The number of hydrogen-bond acceptors (Lipinski definition) is 7. The van der Waals surface area contributed by atoms with E-state index in [1.807, 2.05) is 24.3 Å². The first-order chi connectivity index (χ1) is 17.6. The summed E-state index contributed by atoms with van der Waals surface area (Å²) in [5.41, 5.74) is 8.12. The average molecular weight is 514 g/mol. The molecule has 3 rings (SSSR count). The van der Waals surface area contributed by atoms with Gasteiger partial charge in [-0.05, 0) is 18.1 Å². The van der Waals surface area contributed by atoms with Crippen LogP contribution in [0.4, 0.5) is 0 Å². The van der Waals surface area contributed by atoms with Crippen LogP contribution in [0.1, 0.15) is 17.7 Å². The number of para-hydroxylation sites is 1. The Morgan fingerprint density at radius 2 is 1.73 bits per heavy atom. The van der Waals surface area contributed by atoms with Gasteiger partial charge in [-0.25, -0.2) is 9.78 Å². The number of imidazole rings is 1. The van der Waals surface area contributed by atoms with Gasteiger partial charge in [-0.2, -0.15) is 0 Å². The smallest absolute Gasteiger partial charge is 0.326 e. The lowest BCUT2D eigenvalue weighted by atomic mass is 10.0. The number of benzene rings is 1. The van der Waals surface area contributed by atoms with E-state index in [4.69, 9.17) is 5.73 Å². The minimum atomic E-state index is -1.51. The third kappa shape index (κ3) is 7.63. The number of H-pyrrole nitrogens is 2. The molecule has 1 aromatic carbocycles. The first kappa shape index (κ1) is 26.9. The Morgan fingerprint density at radius 1 is 0.973 bits per heavy atom. The molecular formula is C23H27N7O7. The number of nitrogens with one attached hydrogen (secondary N) is 5. The van der Waals surface area contributed by atoms with Crippen molar-refractivity contribution in [1.82, 2.24) is 30.9 Å². The van der Waals surface area contributed by atoms with Gasteiger partial charge in [-0.1, -0.05) is 18.2 Å². The number of carboxylic acid groups (broad SMARTS) is 2. The number of hydrogen-bond donors (Lipinski definition) is 8. The normalized spacial score (nSPS) is 13.3. The predicted molar refractivity (Wildman–Crippen MR) is 129 cm³/mol. The first-order valence-electron chi connectivity index (χ1n) is 11.2. The predicted octanol–water partition coefficient (Wildman–Crippen LogP) is -1.35. The maximum atomic E-state index is 12.6. The average Bonchev–Trinajstić information content (AvgIpc) is 3.51. The molecule has 14 heteroatoms. The summed E-state index contributed by atoms with van der Waals surface area (Å²) in [6.45, 7) is -0.640. The zero-order chi connectivity index (χ0) is 26.9. The third-order valence-corrected chi connectivity index (χ3v) is 5.50. The fourth-order valence-corrected chi connectivity index (χ4v) is 3.65. The van der Waals surface area contributed by atoms with Crippen LogP contribution in [0.15, 0.2) is 43.0 Å². The zero-order valence-corrected chi connectivity index (χ0v) is 19.6. The molecule has 9 N–H and O–H groups in total. The van der Waals surface area contributed by atoms with Gasteiger partial charge in [0.25, 0.3) is 0 Å². The standard InChI is InChI=1S/C23H27N7O7/c24-15(5-12-8-26-16-4-2-1-3-14(12)16)21(34)30-17(7-20(32)33)22(35)27-10-19(31)29-18(23(36)37)6-13-9-25-11-28-13/h1-4,8-9,11,15,17-18,26H,5-7,10,24H2,(H,25,28)(H,27,35)(H,29,31)(H,30,34)(H,32,33)(H,36,37). The summed E-state index contributed by atoms with van der Waals surface area (Å²) in [5.74, 6) is -5.17. The van der Waals surface area contributed by atoms with Gasteiger partial charge >= 0.3 is 11.9 Å². The van der Waals surface area contributed by atoms with Gasteiger partial charge in [0.2, 0.25) is 17.7 Å². The minimum absolute atomic E-state index is 0.0684. The third-order valence-electron chi connectivity index (χ3n) is 5.50. The summed E-state index contributed by atoms with van der Waals surface area (Å²) in [5, 5.41) is 26.2. The van der Waals surface area contributed by atoms with E-state index in [-0.39, 0.29) is 12.8 Å². The fourth-order valence-electron chi connectivity index (χ4n) is 3.65. The molecule has 0 spiro atoms. The van der Waals surface area contributed by atoms with Gasteiger partial charge in [0.1, 0.15) is 12.1 Å². The van der Waals surface area contributed by atoms with Crippen LogP contribution in [-0.4, -0.2) is 79.5 Å². The highest BCUT2D eigenvalue weighted by Crippen LogP contribution is 2.18. The van der Waals surface area contributed by atoms with Crippen LogP contribution in [0.3, 0.4) is 0 Å². The number of rotatable bonds is 13. The van der Waals surface area contributed by atoms with Crippen LogP contribution >= 0.6 is 0 Å². The summed E-state index contributed by atoms with van der Waals surface area (Å²) in [4.78, 5) is 69.7. The van der Waals surface area contributed by atoms with Gasteiger partial charge in [-0.3, -0.25) is 19.2 Å². The number of aromatic amines is 2. The van der Waals surface area contributed by atoms with Crippen molar-refractivity contribution in [1.29, 1.82) is 0 Å². The van der Waals surface area contributed by atoms with Crippen LogP contribution < -0.4 is 21.7 Å². The minimum Gasteiger partial charge on any atom is -0.481 e. The van der Waals surface area contributed by atoms with Crippen LogP contribution in [0.25, 0.3) is 10.9 Å². The van der Waals surface area contributed by atoms with E-state index in [1.165, 1.54) is 12.5 Å². The SMILES string of the molecule is NC(Cc1c[nH]c2ccccc12)C(=O)NC(CC(=O)O)C(=O)NCC(=O)NC(Cc1cnc[nH]1)C(=O)O. The molecule has 3 unspecified atom stereocenters.